The molecule has 0 spiro atoms. The van der Waals surface area contributed by atoms with E-state index in [1.807, 2.05) is 0 Å². The fourth-order valence-electron chi connectivity index (χ4n) is 0.756. The monoisotopic (exact) mass is 294 g/mol. The number of aromatic carboxylic acids is 1. The van der Waals surface area contributed by atoms with E-state index >= 15 is 0 Å². The van der Waals surface area contributed by atoms with Crippen LogP contribution in [0, 0.1) is 0 Å². The van der Waals surface area contributed by atoms with E-state index in [9.17, 15) is 4.79 Å². The van der Waals surface area contributed by atoms with Gasteiger partial charge in [0.05, 0.1) is 4.47 Å². The van der Waals surface area contributed by atoms with Gasteiger partial charge in [-0.15, -0.1) is 0 Å². The van der Waals surface area contributed by atoms with Gasteiger partial charge in [-0.1, -0.05) is 6.07 Å². The molecule has 0 unspecified atom stereocenters. The number of para-hydroxylation sites is 1. The maximum Gasteiger partial charge on any atom is 0.339 e. The van der Waals surface area contributed by atoms with E-state index in [1.165, 1.54) is 6.07 Å². The zero-order valence-corrected chi connectivity index (χ0v) is 8.92. The lowest BCUT2D eigenvalue weighted by molar-refractivity contribution is 0.0695. The number of carboxylic acid groups (broad SMARTS) is 1. The third-order valence-electron chi connectivity index (χ3n) is 1.27. The Morgan fingerprint density at radius 2 is 2.17 bits per heavy atom. The molecule has 0 radical (unpaired) electrons. The average molecular weight is 296 g/mol. The first kappa shape index (κ1) is 9.54. The fraction of sp³-hybridized carbons (Fsp3) is 0. The number of hydrogen-bond donors (Lipinski definition) is 1. The van der Waals surface area contributed by atoms with Gasteiger partial charge in [-0.25, -0.2) is 4.79 Å². The molecule has 0 saturated heterocycles. The highest BCUT2D eigenvalue weighted by molar-refractivity contribution is 9.10. The molecule has 12 heavy (non-hydrogen) atoms. The molecule has 0 aliphatic carbocycles. The standard InChI is InChI=1S/C7H4Br2O3/c8-5-3-1-2-4(7(10)11)6(5)12-9/h1-3H,(H,10,11). The van der Waals surface area contributed by atoms with Crippen LogP contribution in [0.2, 0.25) is 0 Å². The van der Waals surface area contributed by atoms with Gasteiger partial charge in [0.2, 0.25) is 0 Å². The SMILES string of the molecule is O=C(O)c1cccc(Br)c1OBr. The van der Waals surface area contributed by atoms with Gasteiger partial charge in [-0.2, -0.15) is 0 Å². The third kappa shape index (κ3) is 1.78. The van der Waals surface area contributed by atoms with Crippen molar-refractivity contribution in [2.24, 2.45) is 0 Å². The molecular formula is C7H4Br2O3. The largest absolute Gasteiger partial charge is 0.478 e. The molecule has 1 rings (SSSR count). The van der Waals surface area contributed by atoms with Crippen molar-refractivity contribution in [3.63, 3.8) is 0 Å². The minimum Gasteiger partial charge on any atom is -0.478 e. The Labute approximate surface area is 85.9 Å². The van der Waals surface area contributed by atoms with Crippen molar-refractivity contribution >= 4 is 38.2 Å². The van der Waals surface area contributed by atoms with E-state index in [0.717, 1.165) is 0 Å². The predicted octanol–water partition coefficient (Wildman–Crippen LogP) is 2.84. The van der Waals surface area contributed by atoms with E-state index in [1.54, 1.807) is 12.1 Å². The summed E-state index contributed by atoms with van der Waals surface area (Å²) in [6, 6.07) is 4.79. The molecule has 0 heterocycles. The Balaban J connectivity index is 3.27. The summed E-state index contributed by atoms with van der Waals surface area (Å²) in [4.78, 5) is 10.6. The number of benzene rings is 1. The summed E-state index contributed by atoms with van der Waals surface area (Å²) in [5.74, 6) is -0.754. The number of carbonyl (C=O) groups is 1. The molecule has 1 aromatic rings. The second-order valence-electron chi connectivity index (χ2n) is 2.00. The van der Waals surface area contributed by atoms with Crippen LogP contribution in [0.1, 0.15) is 10.4 Å². The van der Waals surface area contributed by atoms with Gasteiger partial charge in [0, 0.05) is 0 Å². The molecule has 0 aliphatic rings. The van der Waals surface area contributed by atoms with Crippen LogP contribution in [-0.2, 0) is 0 Å². The topological polar surface area (TPSA) is 46.5 Å². The molecule has 3 nitrogen and oxygen atoms in total. The second kappa shape index (κ2) is 3.91. The highest BCUT2D eigenvalue weighted by Crippen LogP contribution is 2.30. The summed E-state index contributed by atoms with van der Waals surface area (Å²) in [5.41, 5.74) is 0.112. The molecule has 0 saturated carbocycles. The minimum absolute atomic E-state index is 0.112. The Kier molecular flexibility index (Phi) is 3.11. The molecule has 1 N–H and O–H groups in total. The van der Waals surface area contributed by atoms with E-state index in [4.69, 9.17) is 8.93 Å². The van der Waals surface area contributed by atoms with Crippen molar-refractivity contribution in [3.8, 4) is 5.75 Å². The molecule has 0 amide bonds. The molecular weight excluding hydrogens is 292 g/mol. The molecule has 0 bridgehead atoms. The third-order valence-corrected chi connectivity index (χ3v) is 2.22. The first-order valence-electron chi connectivity index (χ1n) is 2.97. The fourth-order valence-corrected chi connectivity index (χ4v) is 1.77. The van der Waals surface area contributed by atoms with Gasteiger partial charge in [0.25, 0.3) is 0 Å². The molecule has 0 atom stereocenters. The molecule has 0 fully saturated rings. The molecule has 0 aliphatic heterocycles. The Morgan fingerprint density at radius 1 is 1.50 bits per heavy atom. The van der Waals surface area contributed by atoms with Crippen LogP contribution in [0.15, 0.2) is 22.7 Å². The van der Waals surface area contributed by atoms with Crippen LogP contribution >= 0.6 is 32.2 Å². The van der Waals surface area contributed by atoms with Crippen molar-refractivity contribution in [3.05, 3.63) is 28.2 Å². The number of hydrogen-bond acceptors (Lipinski definition) is 2. The average Bonchev–Trinajstić information content (AvgIpc) is 2.03. The highest BCUT2D eigenvalue weighted by atomic mass is 79.9. The van der Waals surface area contributed by atoms with E-state index in [-0.39, 0.29) is 11.3 Å². The second-order valence-corrected chi connectivity index (χ2v) is 3.18. The van der Waals surface area contributed by atoms with Crippen LogP contribution in [0.5, 0.6) is 5.75 Å². The number of rotatable bonds is 2. The normalized spacial score (nSPS) is 9.50. The molecule has 1 aromatic carbocycles. The van der Waals surface area contributed by atoms with E-state index in [2.05, 4.69) is 32.2 Å². The van der Waals surface area contributed by atoms with Crippen molar-refractivity contribution in [1.29, 1.82) is 0 Å². The Morgan fingerprint density at radius 3 is 2.58 bits per heavy atom. The van der Waals surface area contributed by atoms with E-state index in [0.29, 0.717) is 4.47 Å². The van der Waals surface area contributed by atoms with Gasteiger partial charge in [-0.05, 0) is 28.1 Å². The first-order chi connectivity index (χ1) is 5.66. The summed E-state index contributed by atoms with van der Waals surface area (Å²) < 4.78 is 5.32. The van der Waals surface area contributed by atoms with Gasteiger partial charge < -0.3 is 8.93 Å². The van der Waals surface area contributed by atoms with Crippen LogP contribution in [0.4, 0.5) is 0 Å². The van der Waals surface area contributed by atoms with E-state index < -0.39 is 5.97 Å². The smallest absolute Gasteiger partial charge is 0.339 e. The predicted molar refractivity (Wildman–Crippen MR) is 50.7 cm³/mol. The summed E-state index contributed by atoms with van der Waals surface area (Å²) in [6.45, 7) is 0. The highest BCUT2D eigenvalue weighted by Gasteiger charge is 2.13. The van der Waals surface area contributed by atoms with Gasteiger partial charge in [-0.3, -0.25) is 0 Å². The quantitative estimate of drug-likeness (QED) is 0.912. The maximum atomic E-state index is 10.6. The van der Waals surface area contributed by atoms with Crippen LogP contribution in [-0.4, -0.2) is 11.1 Å². The lowest BCUT2D eigenvalue weighted by Gasteiger charge is -2.03. The van der Waals surface area contributed by atoms with Crippen molar-refractivity contribution in [1.82, 2.24) is 0 Å². The van der Waals surface area contributed by atoms with Gasteiger partial charge >= 0.3 is 5.97 Å². The number of halogens is 2. The lowest BCUT2D eigenvalue weighted by Crippen LogP contribution is -1.98. The minimum atomic E-state index is -1.02. The van der Waals surface area contributed by atoms with Crippen LogP contribution in [0.25, 0.3) is 0 Å². The number of carboxylic acids is 1. The van der Waals surface area contributed by atoms with Crippen molar-refractivity contribution in [2.75, 3.05) is 0 Å². The maximum absolute atomic E-state index is 10.6. The van der Waals surface area contributed by atoms with Gasteiger partial charge in [0.15, 0.2) is 22.0 Å². The molecule has 5 heteroatoms. The van der Waals surface area contributed by atoms with Crippen LogP contribution in [0.3, 0.4) is 0 Å². The van der Waals surface area contributed by atoms with Crippen molar-refractivity contribution in [2.45, 2.75) is 0 Å². The summed E-state index contributed by atoms with van der Waals surface area (Å²) in [7, 11) is 0. The summed E-state index contributed by atoms with van der Waals surface area (Å²) in [6.07, 6.45) is 0. The first-order valence-corrected chi connectivity index (χ1v) is 4.41. The van der Waals surface area contributed by atoms with Crippen molar-refractivity contribution < 1.29 is 13.7 Å². The summed E-state index contributed by atoms with van der Waals surface area (Å²) in [5, 5.41) is 8.70. The summed E-state index contributed by atoms with van der Waals surface area (Å²) >= 11 is 5.89. The lowest BCUT2D eigenvalue weighted by atomic mass is 10.2. The molecule has 0 aromatic heterocycles. The zero-order chi connectivity index (χ0) is 9.14. The zero-order valence-electron chi connectivity index (χ0n) is 5.75. The molecule has 64 valence electrons. The van der Waals surface area contributed by atoms with Crippen LogP contribution < -0.4 is 3.83 Å². The van der Waals surface area contributed by atoms with Gasteiger partial charge in [0.1, 0.15) is 5.56 Å². The Hall–Kier alpha value is -0.550. The Bertz CT molecular complexity index is 312.